The molecule has 0 aromatic heterocycles. The number of carbonyl (C=O) groups is 2. The molecule has 0 spiro atoms. The standard InChI is InChI=1S/C31H51N3O11/c1-9-30(3,4)29-26(27(38)28(23(18-35)44-29)45-31(5,6)10-2)33-24(36)12-11-13-43-22-15-20(34(39)40)19(14-21(22)41-7)16-32-17-25(37)42-8/h14-15,23,26-29,32,35,38H,9-13,16-18H2,1-8H3,(H,33,36). The number of nitro benzene ring substituents is 1. The lowest BCUT2D eigenvalue weighted by molar-refractivity contribution is -0.385. The Morgan fingerprint density at radius 1 is 1.11 bits per heavy atom. The number of methoxy groups -OCH3 is 2. The van der Waals surface area contributed by atoms with Crippen molar-refractivity contribution in [1.82, 2.24) is 10.6 Å². The number of esters is 1. The Morgan fingerprint density at radius 3 is 2.36 bits per heavy atom. The molecule has 14 heteroatoms. The average molecular weight is 642 g/mol. The molecule has 1 amide bonds. The van der Waals surface area contributed by atoms with E-state index in [1.807, 2.05) is 41.5 Å². The van der Waals surface area contributed by atoms with Crippen LogP contribution >= 0.6 is 0 Å². The van der Waals surface area contributed by atoms with Crippen molar-refractivity contribution < 1.29 is 48.4 Å². The minimum Gasteiger partial charge on any atom is -0.493 e. The van der Waals surface area contributed by atoms with Gasteiger partial charge in [-0.05, 0) is 44.6 Å². The second kappa shape index (κ2) is 17.0. The third-order valence-corrected chi connectivity index (χ3v) is 8.39. The van der Waals surface area contributed by atoms with E-state index in [1.54, 1.807) is 0 Å². The van der Waals surface area contributed by atoms with Gasteiger partial charge in [0.05, 0.1) is 62.7 Å². The number of hydrogen-bond acceptors (Lipinski definition) is 12. The van der Waals surface area contributed by atoms with Crippen LogP contribution in [0.1, 0.15) is 72.8 Å². The van der Waals surface area contributed by atoms with E-state index in [4.69, 9.17) is 18.9 Å². The summed E-state index contributed by atoms with van der Waals surface area (Å²) in [5, 5.41) is 39.0. The molecule has 1 aliphatic rings. The zero-order valence-electron chi connectivity index (χ0n) is 27.7. The molecule has 1 saturated heterocycles. The summed E-state index contributed by atoms with van der Waals surface area (Å²) in [6.07, 6.45) is -1.69. The first-order valence-electron chi connectivity index (χ1n) is 15.3. The summed E-state index contributed by atoms with van der Waals surface area (Å²) in [6.45, 7) is 11.3. The number of amides is 1. The Bertz CT molecular complexity index is 1140. The fourth-order valence-corrected chi connectivity index (χ4v) is 4.95. The second-order valence-electron chi connectivity index (χ2n) is 12.4. The van der Waals surface area contributed by atoms with E-state index >= 15 is 0 Å². The van der Waals surface area contributed by atoms with Crippen LogP contribution in [0.5, 0.6) is 11.5 Å². The molecule has 5 atom stereocenters. The molecule has 1 heterocycles. The molecule has 0 bridgehead atoms. The lowest BCUT2D eigenvalue weighted by atomic mass is 9.75. The van der Waals surface area contributed by atoms with E-state index in [0.717, 1.165) is 0 Å². The van der Waals surface area contributed by atoms with Gasteiger partial charge >= 0.3 is 5.97 Å². The first kappa shape index (κ1) is 38.1. The Morgan fingerprint density at radius 2 is 1.80 bits per heavy atom. The van der Waals surface area contributed by atoms with Crippen LogP contribution in [0.25, 0.3) is 0 Å². The van der Waals surface area contributed by atoms with Gasteiger partial charge in [0.25, 0.3) is 5.69 Å². The van der Waals surface area contributed by atoms with Crippen molar-refractivity contribution in [3.63, 3.8) is 0 Å². The van der Waals surface area contributed by atoms with Crippen molar-refractivity contribution in [1.29, 1.82) is 0 Å². The molecule has 45 heavy (non-hydrogen) atoms. The van der Waals surface area contributed by atoms with Crippen LogP contribution in [0.4, 0.5) is 5.69 Å². The van der Waals surface area contributed by atoms with Crippen LogP contribution in [-0.4, -0.2) is 97.0 Å². The van der Waals surface area contributed by atoms with Gasteiger partial charge in [0.1, 0.15) is 18.3 Å². The normalized spacial score (nSPS) is 22.0. The van der Waals surface area contributed by atoms with Crippen molar-refractivity contribution in [2.75, 3.05) is 34.0 Å². The van der Waals surface area contributed by atoms with Gasteiger partial charge in [0.15, 0.2) is 11.5 Å². The number of aliphatic hydroxyl groups is 2. The van der Waals surface area contributed by atoms with Gasteiger partial charge in [-0.1, -0.05) is 27.7 Å². The number of rotatable bonds is 18. The van der Waals surface area contributed by atoms with Gasteiger partial charge in [-0.3, -0.25) is 19.7 Å². The van der Waals surface area contributed by atoms with Gasteiger partial charge in [-0.15, -0.1) is 0 Å². The van der Waals surface area contributed by atoms with E-state index in [2.05, 4.69) is 15.4 Å². The molecule has 1 fully saturated rings. The van der Waals surface area contributed by atoms with Gasteiger partial charge in [0, 0.05) is 18.5 Å². The van der Waals surface area contributed by atoms with Gasteiger partial charge in [0.2, 0.25) is 5.91 Å². The third kappa shape index (κ3) is 10.5. The number of nitrogens with one attached hydrogen (secondary N) is 2. The molecule has 0 saturated carbocycles. The lowest BCUT2D eigenvalue weighted by Crippen LogP contribution is -2.68. The summed E-state index contributed by atoms with van der Waals surface area (Å²) in [5.74, 6) is -0.460. The summed E-state index contributed by atoms with van der Waals surface area (Å²) in [6, 6.07) is 1.91. The summed E-state index contributed by atoms with van der Waals surface area (Å²) < 4.78 is 28.2. The lowest BCUT2D eigenvalue weighted by Gasteiger charge is -2.51. The maximum atomic E-state index is 13.1. The highest BCUT2D eigenvalue weighted by atomic mass is 16.6. The SMILES string of the molecule is CCC(C)(C)OC1C(CO)OC(C(C)(C)CC)C(NC(=O)CCCOc2cc([N+](=O)[O-])c(CNCC(=O)OC)cc2OC)C1O. The fourth-order valence-electron chi connectivity index (χ4n) is 4.95. The van der Waals surface area contributed by atoms with E-state index in [-0.39, 0.29) is 62.2 Å². The molecule has 1 aliphatic heterocycles. The van der Waals surface area contributed by atoms with Gasteiger partial charge in [-0.25, -0.2) is 0 Å². The maximum absolute atomic E-state index is 13.1. The molecule has 1 aromatic carbocycles. The monoisotopic (exact) mass is 641 g/mol. The summed E-state index contributed by atoms with van der Waals surface area (Å²) in [5.41, 5.74) is -0.957. The highest BCUT2D eigenvalue weighted by Crippen LogP contribution is 2.38. The Labute approximate surface area is 265 Å². The van der Waals surface area contributed by atoms with Crippen molar-refractivity contribution in [3.05, 3.63) is 27.8 Å². The number of benzene rings is 1. The van der Waals surface area contributed by atoms with Crippen LogP contribution in [-0.2, 0) is 30.3 Å². The zero-order valence-corrected chi connectivity index (χ0v) is 27.7. The molecule has 5 unspecified atom stereocenters. The van der Waals surface area contributed by atoms with E-state index in [1.165, 1.54) is 26.4 Å². The minimum absolute atomic E-state index is 0.0235. The smallest absolute Gasteiger partial charge is 0.319 e. The summed E-state index contributed by atoms with van der Waals surface area (Å²) in [4.78, 5) is 35.7. The molecule has 4 N–H and O–H groups in total. The molecule has 256 valence electrons. The van der Waals surface area contributed by atoms with Crippen LogP contribution in [0.15, 0.2) is 12.1 Å². The number of ether oxygens (including phenoxy) is 5. The number of nitro groups is 1. The number of aliphatic hydroxyl groups excluding tert-OH is 2. The molecule has 14 nitrogen and oxygen atoms in total. The molecular formula is C31H51N3O11. The quantitative estimate of drug-likeness (QED) is 0.0795. The first-order valence-corrected chi connectivity index (χ1v) is 15.3. The average Bonchev–Trinajstić information content (AvgIpc) is 3.00. The van der Waals surface area contributed by atoms with Crippen molar-refractivity contribution in [3.8, 4) is 11.5 Å². The predicted molar refractivity (Wildman–Crippen MR) is 165 cm³/mol. The fraction of sp³-hybridized carbons (Fsp3) is 0.742. The van der Waals surface area contributed by atoms with E-state index in [9.17, 15) is 29.9 Å². The van der Waals surface area contributed by atoms with Crippen LogP contribution < -0.4 is 20.1 Å². The number of nitrogens with zero attached hydrogens (tertiary/aromatic N) is 1. The third-order valence-electron chi connectivity index (χ3n) is 8.39. The van der Waals surface area contributed by atoms with Gasteiger partial charge < -0.3 is 44.5 Å². The van der Waals surface area contributed by atoms with Gasteiger partial charge in [-0.2, -0.15) is 0 Å². The Kier molecular flexibility index (Phi) is 14.4. The van der Waals surface area contributed by atoms with Crippen molar-refractivity contribution in [2.45, 2.75) is 110 Å². The number of hydrogen-bond donors (Lipinski definition) is 4. The van der Waals surface area contributed by atoms with Crippen molar-refractivity contribution in [2.24, 2.45) is 5.41 Å². The highest BCUT2D eigenvalue weighted by Gasteiger charge is 2.51. The molecule has 0 aliphatic carbocycles. The van der Waals surface area contributed by atoms with Crippen LogP contribution in [0, 0.1) is 15.5 Å². The first-order chi connectivity index (χ1) is 21.1. The molecular weight excluding hydrogens is 590 g/mol. The zero-order chi connectivity index (χ0) is 33.9. The highest BCUT2D eigenvalue weighted by molar-refractivity contribution is 5.76. The molecule has 0 radical (unpaired) electrons. The topological polar surface area (TPSA) is 188 Å². The molecule has 2 rings (SSSR count). The van der Waals surface area contributed by atoms with Crippen LogP contribution in [0.3, 0.4) is 0 Å². The number of carbonyl (C=O) groups excluding carboxylic acids is 2. The summed E-state index contributed by atoms with van der Waals surface area (Å²) >= 11 is 0. The van der Waals surface area contributed by atoms with Crippen molar-refractivity contribution >= 4 is 17.6 Å². The minimum atomic E-state index is -1.14. The molecule has 1 aromatic rings. The Balaban J connectivity index is 2.11. The van der Waals surface area contributed by atoms with E-state index < -0.39 is 52.4 Å². The van der Waals surface area contributed by atoms with E-state index in [0.29, 0.717) is 18.4 Å². The summed E-state index contributed by atoms with van der Waals surface area (Å²) in [7, 11) is 2.65. The maximum Gasteiger partial charge on any atom is 0.319 e. The largest absolute Gasteiger partial charge is 0.493 e. The second-order valence-corrected chi connectivity index (χ2v) is 12.4. The Hall–Kier alpha value is -3.04. The predicted octanol–water partition coefficient (Wildman–Crippen LogP) is 2.64. The van der Waals surface area contributed by atoms with Crippen LogP contribution in [0.2, 0.25) is 0 Å².